The van der Waals surface area contributed by atoms with E-state index >= 15 is 0 Å². The number of aromatic nitrogens is 1. The lowest BCUT2D eigenvalue weighted by molar-refractivity contribution is 0.0957. The summed E-state index contributed by atoms with van der Waals surface area (Å²) in [6.45, 7) is 0.370. The molecule has 0 aliphatic carbocycles. The Balaban J connectivity index is 2.18. The number of fused-ring (bicyclic) bond motifs is 1. The van der Waals surface area contributed by atoms with Crippen LogP contribution in [0, 0.1) is 0 Å². The lowest BCUT2D eigenvalue weighted by atomic mass is 10.1. The highest BCUT2D eigenvalue weighted by Gasteiger charge is 2.18. The predicted molar refractivity (Wildman–Crippen MR) is 81.2 cm³/mol. The van der Waals surface area contributed by atoms with E-state index in [4.69, 9.17) is 5.84 Å². The van der Waals surface area contributed by atoms with Crippen molar-refractivity contribution >= 4 is 38.7 Å². The number of nitrogen functional groups attached to an aromatic ring is 1. The number of hydrogen-bond acceptors (Lipinski definition) is 5. The van der Waals surface area contributed by atoms with Crippen LogP contribution in [0.15, 0.2) is 40.6 Å². The lowest BCUT2D eigenvalue weighted by Crippen LogP contribution is -2.30. The third-order valence-electron chi connectivity index (χ3n) is 3.01. The molecule has 5 nitrogen and oxygen atoms in total. The third kappa shape index (κ3) is 2.15. The second kappa shape index (κ2) is 5.20. The molecule has 0 radical (unpaired) electrons. The summed E-state index contributed by atoms with van der Waals surface area (Å²) in [7, 11) is 0. The number of thiophene rings is 1. The molecule has 7 heteroatoms. The zero-order chi connectivity index (χ0) is 14.1. The van der Waals surface area contributed by atoms with Gasteiger partial charge in [0, 0.05) is 21.8 Å². The first-order valence-electron chi connectivity index (χ1n) is 5.86. The number of nitrogens with zero attached hydrogens (tertiary/aromatic N) is 1. The molecule has 0 bridgehead atoms. The summed E-state index contributed by atoms with van der Waals surface area (Å²) >= 11 is 2.52. The van der Waals surface area contributed by atoms with E-state index in [2.05, 4.69) is 5.43 Å². The predicted octanol–water partition coefficient (Wildman–Crippen LogP) is 1.78. The van der Waals surface area contributed by atoms with Crippen LogP contribution in [0.5, 0.6) is 0 Å². The number of amides is 1. The Labute approximate surface area is 122 Å². The normalized spacial score (nSPS) is 10.8. The summed E-state index contributed by atoms with van der Waals surface area (Å²) < 4.78 is 2.59. The number of rotatable bonds is 3. The summed E-state index contributed by atoms with van der Waals surface area (Å²) in [6, 6.07) is 7.74. The second-order valence-corrected chi connectivity index (χ2v) is 6.09. The maximum atomic E-state index is 11.9. The minimum absolute atomic E-state index is 0.0422. The lowest BCUT2D eigenvalue weighted by Gasteiger charge is -2.04. The van der Waals surface area contributed by atoms with Gasteiger partial charge < -0.3 is 4.57 Å². The first kappa shape index (κ1) is 13.0. The van der Waals surface area contributed by atoms with Crippen LogP contribution in [0.1, 0.15) is 15.2 Å². The molecule has 3 N–H and O–H groups in total. The van der Waals surface area contributed by atoms with Crippen LogP contribution in [0.25, 0.3) is 10.1 Å². The van der Waals surface area contributed by atoms with Gasteiger partial charge in [-0.15, -0.1) is 11.3 Å². The fourth-order valence-electron chi connectivity index (χ4n) is 2.08. The highest BCUT2D eigenvalue weighted by molar-refractivity contribution is 7.21. The van der Waals surface area contributed by atoms with Crippen LogP contribution in [0.3, 0.4) is 0 Å². The number of hydrogen-bond donors (Lipinski definition) is 2. The van der Waals surface area contributed by atoms with Crippen molar-refractivity contribution in [1.82, 2.24) is 9.99 Å². The van der Waals surface area contributed by atoms with Crippen molar-refractivity contribution < 1.29 is 4.79 Å². The van der Waals surface area contributed by atoms with Gasteiger partial charge in [0.25, 0.3) is 5.91 Å². The van der Waals surface area contributed by atoms with Crippen LogP contribution in [-0.4, -0.2) is 10.5 Å². The van der Waals surface area contributed by atoms with E-state index in [0.717, 1.165) is 27.0 Å². The Morgan fingerprint density at radius 2 is 2.15 bits per heavy atom. The first-order chi connectivity index (χ1) is 9.70. The summed E-state index contributed by atoms with van der Waals surface area (Å²) in [5.41, 5.74) is 2.99. The van der Waals surface area contributed by atoms with Gasteiger partial charge in [-0.1, -0.05) is 29.5 Å². The average Bonchev–Trinajstić information content (AvgIpc) is 3.03. The Bertz CT molecular complexity index is 831. The van der Waals surface area contributed by atoms with Crippen molar-refractivity contribution in [2.45, 2.75) is 6.54 Å². The molecule has 3 rings (SSSR count). The number of thiazole rings is 1. The van der Waals surface area contributed by atoms with Gasteiger partial charge in [-0.3, -0.25) is 15.0 Å². The molecule has 102 valence electrons. The molecule has 20 heavy (non-hydrogen) atoms. The molecule has 0 saturated heterocycles. The highest BCUT2D eigenvalue weighted by Crippen LogP contribution is 2.31. The van der Waals surface area contributed by atoms with Gasteiger partial charge in [0.2, 0.25) is 0 Å². The first-order valence-corrected chi connectivity index (χ1v) is 7.55. The summed E-state index contributed by atoms with van der Waals surface area (Å²) in [5, 5.41) is 2.72. The summed E-state index contributed by atoms with van der Waals surface area (Å²) in [5.74, 6) is 4.91. The van der Waals surface area contributed by atoms with Gasteiger partial charge in [-0.2, -0.15) is 0 Å². The molecule has 0 fully saturated rings. The summed E-state index contributed by atoms with van der Waals surface area (Å²) in [6.07, 6.45) is 1.73. The minimum atomic E-state index is -0.329. The number of nitrogens with one attached hydrogen (secondary N) is 1. The number of nitrogens with two attached hydrogens (primary N) is 1. The number of benzene rings is 1. The number of carbonyl (C=O) groups excluding carboxylic acids is 1. The third-order valence-corrected chi connectivity index (χ3v) is 4.91. The molecule has 2 aromatic heterocycles. The van der Waals surface area contributed by atoms with E-state index in [-0.39, 0.29) is 10.8 Å². The fraction of sp³-hybridized carbons (Fsp3) is 0.0769. The maximum Gasteiger partial charge on any atom is 0.307 e. The molecule has 3 aromatic rings. The van der Waals surface area contributed by atoms with Gasteiger partial charge >= 0.3 is 4.87 Å². The Hall–Kier alpha value is -1.96. The van der Waals surface area contributed by atoms with Crippen LogP contribution < -0.4 is 16.1 Å². The monoisotopic (exact) mass is 305 g/mol. The number of carbonyl (C=O) groups is 1. The number of hydrazine groups is 1. The molecular formula is C13H11N3O2S2. The van der Waals surface area contributed by atoms with Gasteiger partial charge in [0.05, 0.1) is 11.4 Å². The summed E-state index contributed by atoms with van der Waals surface area (Å²) in [4.78, 5) is 24.1. The zero-order valence-corrected chi connectivity index (χ0v) is 12.0. The van der Waals surface area contributed by atoms with Crippen LogP contribution in [-0.2, 0) is 6.54 Å². The van der Waals surface area contributed by atoms with Crippen molar-refractivity contribution in [2.24, 2.45) is 5.84 Å². The van der Waals surface area contributed by atoms with Gasteiger partial charge in [-0.25, -0.2) is 5.84 Å². The van der Waals surface area contributed by atoms with Crippen molar-refractivity contribution in [3.05, 3.63) is 56.0 Å². The Kier molecular flexibility index (Phi) is 3.39. The molecule has 0 spiro atoms. The molecule has 2 heterocycles. The maximum absolute atomic E-state index is 11.9. The standard InChI is InChI=1S/C13H11N3O2S2/c14-15-12(17)11-9(7-16-5-6-19-13(16)18)8-3-1-2-4-10(8)20-11/h1-6H,7,14H2,(H,15,17). The van der Waals surface area contributed by atoms with E-state index in [9.17, 15) is 9.59 Å². The van der Waals surface area contributed by atoms with E-state index in [1.807, 2.05) is 24.3 Å². The smallest absolute Gasteiger partial charge is 0.301 e. The molecule has 0 aliphatic heterocycles. The van der Waals surface area contributed by atoms with Crippen LogP contribution in [0.2, 0.25) is 0 Å². The fourth-order valence-corrected chi connectivity index (χ4v) is 3.79. The van der Waals surface area contributed by atoms with Crippen molar-refractivity contribution in [3.8, 4) is 0 Å². The van der Waals surface area contributed by atoms with Gasteiger partial charge in [0.15, 0.2) is 0 Å². The minimum Gasteiger partial charge on any atom is -0.301 e. The molecule has 0 unspecified atom stereocenters. The van der Waals surface area contributed by atoms with Crippen molar-refractivity contribution in [1.29, 1.82) is 0 Å². The van der Waals surface area contributed by atoms with Gasteiger partial charge in [-0.05, 0) is 11.5 Å². The zero-order valence-electron chi connectivity index (χ0n) is 10.3. The molecule has 1 amide bonds. The largest absolute Gasteiger partial charge is 0.307 e. The topological polar surface area (TPSA) is 77.1 Å². The van der Waals surface area contributed by atoms with E-state index in [1.54, 1.807) is 16.1 Å². The van der Waals surface area contributed by atoms with E-state index in [1.165, 1.54) is 11.3 Å². The molecular weight excluding hydrogens is 294 g/mol. The highest BCUT2D eigenvalue weighted by atomic mass is 32.1. The van der Waals surface area contributed by atoms with E-state index in [0.29, 0.717) is 11.4 Å². The molecule has 0 saturated carbocycles. The molecule has 0 aliphatic rings. The average molecular weight is 305 g/mol. The second-order valence-electron chi connectivity index (χ2n) is 4.18. The van der Waals surface area contributed by atoms with Crippen molar-refractivity contribution in [2.75, 3.05) is 0 Å². The quantitative estimate of drug-likeness (QED) is 0.440. The van der Waals surface area contributed by atoms with Crippen LogP contribution in [0.4, 0.5) is 0 Å². The van der Waals surface area contributed by atoms with Crippen molar-refractivity contribution in [3.63, 3.8) is 0 Å². The van der Waals surface area contributed by atoms with E-state index < -0.39 is 0 Å². The molecule has 0 atom stereocenters. The van der Waals surface area contributed by atoms with Gasteiger partial charge in [0.1, 0.15) is 0 Å². The SMILES string of the molecule is NNC(=O)c1sc2ccccc2c1Cn1ccsc1=O. The molecule has 1 aromatic carbocycles. The Morgan fingerprint density at radius 1 is 1.35 bits per heavy atom. The Morgan fingerprint density at radius 3 is 2.85 bits per heavy atom. The van der Waals surface area contributed by atoms with Crippen LogP contribution >= 0.6 is 22.7 Å².